The number of anilines is 1. The van der Waals surface area contributed by atoms with Crippen molar-refractivity contribution in [1.82, 2.24) is 10.2 Å². The summed E-state index contributed by atoms with van der Waals surface area (Å²) in [7, 11) is 0. The molecular weight excluding hydrogens is 422 g/mol. The number of rotatable bonds is 4. The number of carbonyl (C=O) groups is 4. The number of nitrogens with one attached hydrogen (secondary N) is 2. The lowest BCUT2D eigenvalue weighted by atomic mass is 9.76. The number of benzene rings is 2. The summed E-state index contributed by atoms with van der Waals surface area (Å²) in [6, 6.07) is 8.13. The van der Waals surface area contributed by atoms with Gasteiger partial charge in [-0.1, -0.05) is 12.1 Å². The lowest BCUT2D eigenvalue weighted by Crippen LogP contribution is -2.53. The summed E-state index contributed by atoms with van der Waals surface area (Å²) in [5.41, 5.74) is 4.69. The molecule has 0 aromatic heterocycles. The predicted molar refractivity (Wildman–Crippen MR) is 106 cm³/mol. The molecule has 164 valence electrons. The van der Waals surface area contributed by atoms with Gasteiger partial charge >= 0.3 is 0 Å². The molecule has 0 bridgehead atoms. The molecule has 3 aliphatic rings. The van der Waals surface area contributed by atoms with Gasteiger partial charge in [0, 0.05) is 23.7 Å². The van der Waals surface area contributed by atoms with Crippen molar-refractivity contribution in [3.8, 4) is 0 Å². The highest BCUT2D eigenvalue weighted by Crippen LogP contribution is 2.53. The summed E-state index contributed by atoms with van der Waals surface area (Å²) in [5, 5.41) is 5.63. The standard InChI is InChI=1S/C22H18F2N4O4/c23-11-3-1-10(2-4-11)9-28-19(30)17-15(8-16(25)29)27-22(18(17)20(28)31)13-7-12(24)5-6-14(13)26-21(22)32/h1-7,15,17-18,27H,8-9H2,(H2,25,29)(H,26,32)/t15?,17-,18+,22?/m0/s1. The van der Waals surface area contributed by atoms with Gasteiger partial charge < -0.3 is 11.1 Å². The summed E-state index contributed by atoms with van der Waals surface area (Å²) in [5.74, 6) is -5.84. The molecule has 0 radical (unpaired) electrons. The number of nitrogens with zero attached hydrogens (tertiary/aromatic N) is 1. The van der Waals surface area contributed by atoms with E-state index in [9.17, 15) is 28.0 Å². The number of carbonyl (C=O) groups excluding carboxylic acids is 4. The third-order valence-corrected chi connectivity index (χ3v) is 6.44. The first-order valence-corrected chi connectivity index (χ1v) is 9.99. The number of likely N-dealkylation sites (tertiary alicyclic amines) is 1. The maximum absolute atomic E-state index is 14.1. The number of primary amides is 1. The maximum atomic E-state index is 14.1. The van der Waals surface area contributed by atoms with Crippen molar-refractivity contribution >= 4 is 29.3 Å². The first-order chi connectivity index (χ1) is 15.2. The second kappa shape index (κ2) is 6.92. The van der Waals surface area contributed by atoms with E-state index in [1.807, 2.05) is 0 Å². The molecule has 4 amide bonds. The second-order valence-corrected chi connectivity index (χ2v) is 8.27. The fourth-order valence-corrected chi connectivity index (χ4v) is 5.15. The van der Waals surface area contributed by atoms with Crippen molar-refractivity contribution in [2.45, 2.75) is 24.5 Å². The van der Waals surface area contributed by atoms with Crippen LogP contribution in [-0.2, 0) is 31.3 Å². The predicted octanol–water partition coefficient (Wildman–Crippen LogP) is 0.761. The van der Waals surface area contributed by atoms with Gasteiger partial charge in [-0.05, 0) is 35.9 Å². The van der Waals surface area contributed by atoms with E-state index in [1.165, 1.54) is 36.4 Å². The summed E-state index contributed by atoms with van der Waals surface area (Å²) < 4.78 is 27.4. The average molecular weight is 440 g/mol. The largest absolute Gasteiger partial charge is 0.370 e. The first-order valence-electron chi connectivity index (χ1n) is 9.99. The lowest BCUT2D eigenvalue weighted by molar-refractivity contribution is -0.143. The van der Waals surface area contributed by atoms with Crippen LogP contribution < -0.4 is 16.4 Å². The SMILES string of the molecule is NC(=O)CC1NC2(C(=O)Nc3ccc(F)cc32)[C@H]2C(=O)N(Cc3ccc(F)cc3)C(=O)[C@@H]12. The first kappa shape index (κ1) is 20.3. The van der Waals surface area contributed by atoms with E-state index in [4.69, 9.17) is 5.73 Å². The molecule has 2 unspecified atom stereocenters. The van der Waals surface area contributed by atoms with Gasteiger partial charge in [0.15, 0.2) is 0 Å². The van der Waals surface area contributed by atoms with Crippen LogP contribution in [0.4, 0.5) is 14.5 Å². The molecule has 0 saturated carbocycles. The highest BCUT2D eigenvalue weighted by atomic mass is 19.1. The molecule has 2 saturated heterocycles. The molecule has 32 heavy (non-hydrogen) atoms. The molecule has 0 aliphatic carbocycles. The van der Waals surface area contributed by atoms with Gasteiger partial charge in [-0.2, -0.15) is 0 Å². The van der Waals surface area contributed by atoms with E-state index in [0.29, 0.717) is 11.3 Å². The van der Waals surface area contributed by atoms with Crippen molar-refractivity contribution < 1.29 is 28.0 Å². The van der Waals surface area contributed by atoms with Gasteiger partial charge in [-0.3, -0.25) is 29.4 Å². The zero-order chi connectivity index (χ0) is 22.8. The van der Waals surface area contributed by atoms with Gasteiger partial charge in [0.2, 0.25) is 23.6 Å². The van der Waals surface area contributed by atoms with Gasteiger partial charge in [0.25, 0.3) is 0 Å². The molecule has 2 aromatic carbocycles. The van der Waals surface area contributed by atoms with Crippen LogP contribution >= 0.6 is 0 Å². The van der Waals surface area contributed by atoms with E-state index >= 15 is 0 Å². The Labute approximate surface area is 180 Å². The highest BCUT2D eigenvalue weighted by molar-refractivity contribution is 6.15. The van der Waals surface area contributed by atoms with E-state index < -0.39 is 58.7 Å². The minimum absolute atomic E-state index is 0.123. The Bertz CT molecular complexity index is 1180. The number of fused-ring (bicyclic) bond motifs is 4. The molecule has 4 N–H and O–H groups in total. The highest BCUT2D eigenvalue weighted by Gasteiger charge is 2.70. The third kappa shape index (κ3) is 2.76. The van der Waals surface area contributed by atoms with E-state index in [1.54, 1.807) is 0 Å². The van der Waals surface area contributed by atoms with Crippen LogP contribution in [0.3, 0.4) is 0 Å². The van der Waals surface area contributed by atoms with Crippen LogP contribution in [-0.4, -0.2) is 34.6 Å². The Kier molecular flexibility index (Phi) is 4.38. The molecule has 1 spiro atoms. The Hall–Kier alpha value is -3.66. The van der Waals surface area contributed by atoms with Gasteiger partial charge in [-0.25, -0.2) is 8.78 Å². The number of nitrogens with two attached hydrogens (primary N) is 1. The van der Waals surface area contributed by atoms with Crippen molar-refractivity contribution in [2.24, 2.45) is 17.6 Å². The van der Waals surface area contributed by atoms with Crippen molar-refractivity contribution in [1.29, 1.82) is 0 Å². The summed E-state index contributed by atoms with van der Waals surface area (Å²) in [4.78, 5) is 52.7. The van der Waals surface area contributed by atoms with E-state index in [2.05, 4.69) is 10.6 Å². The number of hydrogen-bond donors (Lipinski definition) is 3. The van der Waals surface area contributed by atoms with Gasteiger partial charge in [-0.15, -0.1) is 0 Å². The van der Waals surface area contributed by atoms with Crippen molar-refractivity contribution in [3.63, 3.8) is 0 Å². The zero-order valence-corrected chi connectivity index (χ0v) is 16.6. The fourth-order valence-electron chi connectivity index (χ4n) is 5.15. The monoisotopic (exact) mass is 440 g/mol. The molecule has 2 fully saturated rings. The number of hydrogen-bond acceptors (Lipinski definition) is 5. The Morgan fingerprint density at radius 1 is 1.03 bits per heavy atom. The molecule has 8 nitrogen and oxygen atoms in total. The minimum Gasteiger partial charge on any atom is -0.370 e. The van der Waals surface area contributed by atoms with Crippen LogP contribution in [0.2, 0.25) is 0 Å². The number of imide groups is 1. The molecule has 4 atom stereocenters. The van der Waals surface area contributed by atoms with Gasteiger partial charge in [0.1, 0.15) is 17.2 Å². The number of halogens is 2. The van der Waals surface area contributed by atoms with Crippen LogP contribution in [0.25, 0.3) is 0 Å². The molecule has 3 heterocycles. The quantitative estimate of drug-likeness (QED) is 0.606. The van der Waals surface area contributed by atoms with Gasteiger partial charge in [0.05, 0.1) is 18.4 Å². The Morgan fingerprint density at radius 3 is 2.41 bits per heavy atom. The van der Waals surface area contributed by atoms with Crippen LogP contribution in [0, 0.1) is 23.5 Å². The van der Waals surface area contributed by atoms with Crippen LogP contribution in [0.15, 0.2) is 42.5 Å². The molecule has 5 rings (SSSR count). The topological polar surface area (TPSA) is 122 Å². The van der Waals surface area contributed by atoms with E-state index in [0.717, 1.165) is 11.0 Å². The molecular formula is C22H18F2N4O4. The molecule has 2 aromatic rings. The van der Waals surface area contributed by atoms with E-state index in [-0.39, 0.29) is 18.5 Å². The summed E-state index contributed by atoms with van der Waals surface area (Å²) in [6.07, 6.45) is -0.287. The van der Waals surface area contributed by atoms with Crippen molar-refractivity contribution in [3.05, 3.63) is 65.2 Å². The van der Waals surface area contributed by atoms with Crippen LogP contribution in [0.5, 0.6) is 0 Å². The molecule has 10 heteroatoms. The summed E-state index contributed by atoms with van der Waals surface area (Å²) in [6.45, 7) is -0.123. The lowest BCUT2D eigenvalue weighted by Gasteiger charge is -2.29. The normalized spacial score (nSPS) is 28.2. The molecule has 3 aliphatic heterocycles. The Morgan fingerprint density at radius 2 is 1.72 bits per heavy atom. The fraction of sp³-hybridized carbons (Fsp3) is 0.273. The van der Waals surface area contributed by atoms with Crippen molar-refractivity contribution in [2.75, 3.05) is 5.32 Å². The maximum Gasteiger partial charge on any atom is 0.250 e. The summed E-state index contributed by atoms with van der Waals surface area (Å²) >= 11 is 0. The average Bonchev–Trinajstić information content (AvgIpc) is 3.30. The van der Waals surface area contributed by atoms with Crippen LogP contribution in [0.1, 0.15) is 17.5 Å². The smallest absolute Gasteiger partial charge is 0.250 e. The Balaban J connectivity index is 1.60. The number of amides is 4. The minimum atomic E-state index is -1.72. The third-order valence-electron chi connectivity index (χ3n) is 6.44. The second-order valence-electron chi connectivity index (χ2n) is 8.27. The zero-order valence-electron chi connectivity index (χ0n) is 16.6.